The van der Waals surface area contributed by atoms with Gasteiger partial charge in [-0.1, -0.05) is 0 Å². The van der Waals surface area contributed by atoms with E-state index in [1.165, 1.54) is 0 Å². The Hall–Kier alpha value is 0.260. The van der Waals surface area contributed by atoms with Crippen molar-refractivity contribution in [1.82, 2.24) is 0 Å². The van der Waals surface area contributed by atoms with Gasteiger partial charge >= 0.3 is 5.02 Å². The zero-order valence-corrected chi connectivity index (χ0v) is 5.04. The first-order chi connectivity index (χ1) is 3.06. The monoisotopic (exact) mass is 176 g/mol. The van der Waals surface area contributed by atoms with Crippen LogP contribution < -0.4 is 0 Å². The third kappa shape index (κ3) is 6.26. The molecule has 0 unspecified atom stereocenters. The molecule has 0 atom stereocenters. The standard InChI is InChI=1S/C2H3BrF2O2/c1-6-7-2(3,4)5/h1H3. The molecule has 2 nitrogen and oxygen atoms in total. The second-order valence-corrected chi connectivity index (χ2v) is 1.62. The quantitative estimate of drug-likeness (QED) is 0.361. The highest BCUT2D eigenvalue weighted by molar-refractivity contribution is 9.09. The van der Waals surface area contributed by atoms with E-state index in [2.05, 4.69) is 9.78 Å². The Balaban J connectivity index is 3.15. The maximum absolute atomic E-state index is 11.3. The molecule has 0 aromatic rings. The maximum Gasteiger partial charge on any atom is 0.439 e. The highest BCUT2D eigenvalue weighted by Crippen LogP contribution is 2.22. The number of hydrogen-bond donors (Lipinski definition) is 0. The van der Waals surface area contributed by atoms with Gasteiger partial charge in [0.1, 0.15) is 0 Å². The molecule has 7 heavy (non-hydrogen) atoms. The molecule has 0 aliphatic carbocycles. The van der Waals surface area contributed by atoms with Gasteiger partial charge in [0.05, 0.1) is 7.11 Å². The molecule has 0 radical (unpaired) electrons. The molecule has 0 N–H and O–H groups in total. The molecular weight excluding hydrogens is 174 g/mol. The number of hydrogen-bond acceptors (Lipinski definition) is 2. The number of halogens is 3. The average Bonchev–Trinajstić information content (AvgIpc) is 1.30. The smallest absolute Gasteiger partial charge is 0.234 e. The second-order valence-electron chi connectivity index (χ2n) is 0.696. The first-order valence-corrected chi connectivity index (χ1v) is 2.14. The molecule has 0 aromatic carbocycles. The van der Waals surface area contributed by atoms with Gasteiger partial charge in [-0.25, -0.2) is 4.89 Å². The van der Waals surface area contributed by atoms with Gasteiger partial charge in [0.2, 0.25) is 0 Å². The molecule has 0 saturated heterocycles. The van der Waals surface area contributed by atoms with E-state index in [-0.39, 0.29) is 0 Å². The van der Waals surface area contributed by atoms with Gasteiger partial charge in [0, 0.05) is 15.9 Å². The van der Waals surface area contributed by atoms with Gasteiger partial charge in [-0.05, 0) is 0 Å². The topological polar surface area (TPSA) is 18.5 Å². The van der Waals surface area contributed by atoms with E-state index in [0.717, 1.165) is 7.11 Å². The Bertz CT molecular complexity index is 52.1. The third-order valence-electron chi connectivity index (χ3n) is 0.178. The van der Waals surface area contributed by atoms with Crippen LogP contribution in [0.1, 0.15) is 0 Å². The molecule has 0 fully saturated rings. The van der Waals surface area contributed by atoms with E-state index in [1.54, 1.807) is 0 Å². The van der Waals surface area contributed by atoms with Crippen LogP contribution in [0.2, 0.25) is 0 Å². The fraction of sp³-hybridized carbons (Fsp3) is 1.00. The number of rotatable bonds is 2. The molecule has 0 aliphatic heterocycles. The Morgan fingerprint density at radius 3 is 2.00 bits per heavy atom. The summed E-state index contributed by atoms with van der Waals surface area (Å²) in [6.07, 6.45) is 0. The summed E-state index contributed by atoms with van der Waals surface area (Å²) in [5, 5.41) is -3.36. The van der Waals surface area contributed by atoms with Crippen molar-refractivity contribution in [3.63, 3.8) is 0 Å². The zero-order valence-electron chi connectivity index (χ0n) is 3.45. The van der Waals surface area contributed by atoms with E-state index in [9.17, 15) is 8.78 Å². The molecule has 0 heterocycles. The van der Waals surface area contributed by atoms with Gasteiger partial charge < -0.3 is 0 Å². The molecule has 0 bridgehead atoms. The number of alkyl halides is 3. The SMILES string of the molecule is COOC(F)(F)Br. The summed E-state index contributed by atoms with van der Waals surface area (Å²) in [6, 6.07) is 0. The summed E-state index contributed by atoms with van der Waals surface area (Å²) >= 11 is 1.86. The zero-order chi connectivity index (χ0) is 5.91. The van der Waals surface area contributed by atoms with Crippen molar-refractivity contribution in [3.8, 4) is 0 Å². The molecule has 0 aromatic heterocycles. The predicted molar refractivity (Wildman–Crippen MR) is 22.0 cm³/mol. The van der Waals surface area contributed by atoms with E-state index < -0.39 is 5.02 Å². The van der Waals surface area contributed by atoms with Crippen LogP contribution in [0.4, 0.5) is 8.78 Å². The van der Waals surface area contributed by atoms with Crippen molar-refractivity contribution in [1.29, 1.82) is 0 Å². The van der Waals surface area contributed by atoms with Gasteiger partial charge in [-0.2, -0.15) is 13.7 Å². The van der Waals surface area contributed by atoms with Crippen molar-refractivity contribution in [3.05, 3.63) is 0 Å². The van der Waals surface area contributed by atoms with Crippen LogP contribution in [0.25, 0.3) is 0 Å². The predicted octanol–water partition coefficient (Wildman–Crippen LogP) is 1.51. The van der Waals surface area contributed by atoms with Crippen molar-refractivity contribution in [2.45, 2.75) is 5.02 Å². The lowest BCUT2D eigenvalue weighted by molar-refractivity contribution is -0.383. The summed E-state index contributed by atoms with van der Waals surface area (Å²) in [5.74, 6) is 0. The molecule has 44 valence electrons. The van der Waals surface area contributed by atoms with Crippen LogP contribution in [-0.4, -0.2) is 12.1 Å². The summed E-state index contributed by atoms with van der Waals surface area (Å²) in [6.45, 7) is 0. The second kappa shape index (κ2) is 2.54. The van der Waals surface area contributed by atoms with Crippen molar-refractivity contribution in [2.75, 3.05) is 7.11 Å². The summed E-state index contributed by atoms with van der Waals surface area (Å²) in [7, 11) is 0.995. The van der Waals surface area contributed by atoms with E-state index >= 15 is 0 Å². The molecule has 0 amide bonds. The fourth-order valence-electron chi connectivity index (χ4n) is 0.0945. The lowest BCUT2D eigenvalue weighted by Gasteiger charge is -2.02. The Morgan fingerprint density at radius 1 is 1.57 bits per heavy atom. The van der Waals surface area contributed by atoms with Crippen molar-refractivity contribution >= 4 is 15.9 Å². The Labute approximate surface area is 47.5 Å². The van der Waals surface area contributed by atoms with E-state index in [1.807, 2.05) is 15.9 Å². The van der Waals surface area contributed by atoms with Gasteiger partial charge in [-0.3, -0.25) is 0 Å². The molecule has 0 spiro atoms. The molecule has 5 heteroatoms. The maximum atomic E-state index is 11.3. The molecule has 0 rings (SSSR count). The first-order valence-electron chi connectivity index (χ1n) is 1.35. The molecule has 0 saturated carbocycles. The minimum absolute atomic E-state index is 0.995. The Morgan fingerprint density at radius 2 is 2.00 bits per heavy atom. The van der Waals surface area contributed by atoms with Crippen molar-refractivity contribution < 1.29 is 18.6 Å². The minimum atomic E-state index is -3.36. The van der Waals surface area contributed by atoms with E-state index in [0.29, 0.717) is 0 Å². The van der Waals surface area contributed by atoms with Crippen LogP contribution >= 0.6 is 15.9 Å². The fourth-order valence-corrected chi connectivity index (χ4v) is 0.227. The van der Waals surface area contributed by atoms with Gasteiger partial charge in [-0.15, -0.1) is 0 Å². The van der Waals surface area contributed by atoms with E-state index in [4.69, 9.17) is 0 Å². The van der Waals surface area contributed by atoms with Crippen LogP contribution in [0.3, 0.4) is 0 Å². The Kier molecular flexibility index (Phi) is 2.63. The first kappa shape index (κ1) is 7.26. The molecule has 0 aliphatic rings. The molecular formula is C2H3BrF2O2. The van der Waals surface area contributed by atoms with Gasteiger partial charge in [0.15, 0.2) is 0 Å². The lowest BCUT2D eigenvalue weighted by atomic mass is 11.5. The van der Waals surface area contributed by atoms with Crippen LogP contribution in [0.5, 0.6) is 0 Å². The van der Waals surface area contributed by atoms with Crippen LogP contribution in [0, 0.1) is 0 Å². The highest BCUT2D eigenvalue weighted by atomic mass is 79.9. The average molecular weight is 177 g/mol. The highest BCUT2D eigenvalue weighted by Gasteiger charge is 2.25. The normalized spacial score (nSPS) is 12.0. The van der Waals surface area contributed by atoms with Crippen LogP contribution in [0.15, 0.2) is 0 Å². The third-order valence-corrected chi connectivity index (χ3v) is 0.310. The van der Waals surface area contributed by atoms with Crippen LogP contribution in [-0.2, 0) is 9.78 Å². The summed E-state index contributed by atoms with van der Waals surface area (Å²) in [4.78, 5) is 6.92. The largest absolute Gasteiger partial charge is 0.439 e. The summed E-state index contributed by atoms with van der Waals surface area (Å²) < 4.78 is 22.6. The lowest BCUT2D eigenvalue weighted by Crippen LogP contribution is -2.09. The minimum Gasteiger partial charge on any atom is -0.234 e. The summed E-state index contributed by atoms with van der Waals surface area (Å²) in [5.41, 5.74) is 0. The van der Waals surface area contributed by atoms with Gasteiger partial charge in [0.25, 0.3) is 0 Å². The van der Waals surface area contributed by atoms with Crippen molar-refractivity contribution in [2.24, 2.45) is 0 Å².